The fourth-order valence-corrected chi connectivity index (χ4v) is 2.40. The Hall–Kier alpha value is -2.02. The number of amides is 1. The van der Waals surface area contributed by atoms with Crippen molar-refractivity contribution in [3.63, 3.8) is 0 Å². The summed E-state index contributed by atoms with van der Waals surface area (Å²) in [4.78, 5) is 23.5. The molecule has 0 spiro atoms. The van der Waals surface area contributed by atoms with Gasteiger partial charge in [-0.1, -0.05) is 0 Å². The van der Waals surface area contributed by atoms with Gasteiger partial charge in [-0.15, -0.1) is 0 Å². The summed E-state index contributed by atoms with van der Waals surface area (Å²) in [5, 5.41) is 19.4. The van der Waals surface area contributed by atoms with E-state index in [-0.39, 0.29) is 23.8 Å². The fourth-order valence-electron chi connectivity index (χ4n) is 2.40. The van der Waals surface area contributed by atoms with Gasteiger partial charge in [0.2, 0.25) is 0 Å². The molecule has 1 saturated heterocycles. The maximum Gasteiger partial charge on any atom is 0.272 e. The van der Waals surface area contributed by atoms with Gasteiger partial charge < -0.3 is 10.0 Å². The molecule has 0 saturated carbocycles. The second-order valence-electron chi connectivity index (χ2n) is 4.84. The minimum absolute atomic E-state index is 0.0680. The number of halogens is 1. The lowest BCUT2D eigenvalue weighted by molar-refractivity contribution is -0.385. The molecule has 20 heavy (non-hydrogen) atoms. The van der Waals surface area contributed by atoms with Crippen LogP contribution in [0.25, 0.3) is 0 Å². The zero-order chi connectivity index (χ0) is 14.7. The molecule has 6 nitrogen and oxygen atoms in total. The summed E-state index contributed by atoms with van der Waals surface area (Å²) in [6.07, 6.45) is 1.40. The molecule has 1 aromatic rings. The van der Waals surface area contributed by atoms with Gasteiger partial charge in [0.05, 0.1) is 16.6 Å². The molecular formula is C13H15FN2O4. The summed E-state index contributed by atoms with van der Waals surface area (Å²) in [6.45, 7) is 1.06. The van der Waals surface area contributed by atoms with Crippen molar-refractivity contribution in [3.8, 4) is 0 Å². The molecule has 2 rings (SSSR count). The van der Waals surface area contributed by atoms with E-state index in [9.17, 15) is 19.3 Å². The summed E-state index contributed by atoms with van der Waals surface area (Å²) in [5.74, 6) is -1.11. The number of carbonyl (C=O) groups is 1. The van der Waals surface area contributed by atoms with Gasteiger partial charge in [0, 0.05) is 25.8 Å². The molecule has 1 heterocycles. The van der Waals surface area contributed by atoms with E-state index in [0.717, 1.165) is 24.6 Å². The molecule has 0 aliphatic carbocycles. The van der Waals surface area contributed by atoms with Crippen molar-refractivity contribution in [1.82, 2.24) is 4.90 Å². The number of hydrogen-bond donors (Lipinski definition) is 1. The number of aliphatic hydroxyl groups is 1. The molecule has 1 unspecified atom stereocenters. The van der Waals surface area contributed by atoms with Gasteiger partial charge in [0.25, 0.3) is 11.6 Å². The number of nitro groups is 1. The van der Waals surface area contributed by atoms with Gasteiger partial charge in [-0.3, -0.25) is 14.9 Å². The van der Waals surface area contributed by atoms with Crippen molar-refractivity contribution in [2.45, 2.75) is 12.8 Å². The zero-order valence-electron chi connectivity index (χ0n) is 10.8. The largest absolute Gasteiger partial charge is 0.396 e. The maximum atomic E-state index is 13.8. The monoisotopic (exact) mass is 282 g/mol. The lowest BCUT2D eigenvalue weighted by Crippen LogP contribution is -2.29. The molecule has 1 amide bonds. The Balaban J connectivity index is 2.12. The summed E-state index contributed by atoms with van der Waals surface area (Å²) < 4.78 is 13.8. The van der Waals surface area contributed by atoms with Gasteiger partial charge in [-0.25, -0.2) is 4.39 Å². The van der Waals surface area contributed by atoms with Crippen LogP contribution in [0.4, 0.5) is 10.1 Å². The fraction of sp³-hybridized carbons (Fsp3) is 0.462. The van der Waals surface area contributed by atoms with Crippen LogP contribution >= 0.6 is 0 Å². The van der Waals surface area contributed by atoms with Gasteiger partial charge in [0.1, 0.15) is 5.82 Å². The van der Waals surface area contributed by atoms with E-state index in [4.69, 9.17) is 5.11 Å². The number of nitro benzene ring substituents is 1. The quantitative estimate of drug-likeness (QED) is 0.671. The highest BCUT2D eigenvalue weighted by Crippen LogP contribution is 2.23. The third kappa shape index (κ3) is 2.93. The standard InChI is InChI=1S/C13H15FN2O4/c14-12-7-10(16(19)20)1-2-11(12)13(18)15-5-3-9(8-15)4-6-17/h1-2,7,9,17H,3-6,8H2. The van der Waals surface area contributed by atoms with Crippen LogP contribution in [0.5, 0.6) is 0 Å². The molecule has 0 bridgehead atoms. The summed E-state index contributed by atoms with van der Waals surface area (Å²) in [6, 6.07) is 3.03. The van der Waals surface area contributed by atoms with Crippen LogP contribution < -0.4 is 0 Å². The lowest BCUT2D eigenvalue weighted by atomic mass is 10.1. The van der Waals surface area contributed by atoms with E-state index in [0.29, 0.717) is 19.5 Å². The Bertz CT molecular complexity index is 535. The molecule has 7 heteroatoms. The Labute approximate surface area is 115 Å². The number of aliphatic hydroxyl groups excluding tert-OH is 1. The molecular weight excluding hydrogens is 267 g/mol. The predicted octanol–water partition coefficient (Wildman–Crippen LogP) is 1.58. The second-order valence-corrected chi connectivity index (χ2v) is 4.84. The van der Waals surface area contributed by atoms with Crippen LogP contribution in [-0.4, -0.2) is 40.5 Å². The van der Waals surface area contributed by atoms with Crippen LogP contribution in [0.3, 0.4) is 0 Å². The molecule has 108 valence electrons. The number of likely N-dealkylation sites (tertiary alicyclic amines) is 1. The minimum atomic E-state index is -0.880. The molecule has 1 aliphatic heterocycles. The van der Waals surface area contributed by atoms with Crippen molar-refractivity contribution in [3.05, 3.63) is 39.7 Å². The van der Waals surface area contributed by atoms with Crippen LogP contribution in [0.2, 0.25) is 0 Å². The van der Waals surface area contributed by atoms with E-state index < -0.39 is 16.6 Å². The number of hydrogen-bond acceptors (Lipinski definition) is 4. The van der Waals surface area contributed by atoms with Crippen molar-refractivity contribution in [2.24, 2.45) is 5.92 Å². The number of benzene rings is 1. The van der Waals surface area contributed by atoms with Gasteiger partial charge in [-0.2, -0.15) is 0 Å². The Morgan fingerprint density at radius 1 is 1.55 bits per heavy atom. The van der Waals surface area contributed by atoms with Crippen molar-refractivity contribution < 1.29 is 19.2 Å². The van der Waals surface area contributed by atoms with Gasteiger partial charge in [0.15, 0.2) is 0 Å². The third-order valence-electron chi connectivity index (χ3n) is 3.50. The highest BCUT2D eigenvalue weighted by atomic mass is 19.1. The summed E-state index contributed by atoms with van der Waals surface area (Å²) in [5.41, 5.74) is -0.529. The van der Waals surface area contributed by atoms with Gasteiger partial charge in [-0.05, 0) is 24.8 Å². The number of carbonyl (C=O) groups excluding carboxylic acids is 1. The van der Waals surface area contributed by atoms with Crippen LogP contribution in [0, 0.1) is 21.8 Å². The van der Waals surface area contributed by atoms with Gasteiger partial charge >= 0.3 is 0 Å². The van der Waals surface area contributed by atoms with Crippen molar-refractivity contribution >= 4 is 11.6 Å². The predicted molar refractivity (Wildman–Crippen MR) is 68.8 cm³/mol. The van der Waals surface area contributed by atoms with E-state index in [1.807, 2.05) is 0 Å². The Kier molecular flexibility index (Phi) is 4.29. The highest BCUT2D eigenvalue weighted by molar-refractivity contribution is 5.94. The van der Waals surface area contributed by atoms with Crippen LogP contribution in [0.1, 0.15) is 23.2 Å². The maximum absolute atomic E-state index is 13.8. The molecule has 0 radical (unpaired) electrons. The SMILES string of the molecule is O=C(c1ccc([N+](=O)[O-])cc1F)N1CCC(CCO)C1. The molecule has 0 aromatic heterocycles. The Morgan fingerprint density at radius 3 is 2.90 bits per heavy atom. The normalized spacial score (nSPS) is 18.3. The van der Waals surface area contributed by atoms with Crippen LogP contribution in [0.15, 0.2) is 18.2 Å². The van der Waals surface area contributed by atoms with E-state index >= 15 is 0 Å². The average molecular weight is 282 g/mol. The lowest BCUT2D eigenvalue weighted by Gasteiger charge is -2.16. The zero-order valence-corrected chi connectivity index (χ0v) is 10.8. The minimum Gasteiger partial charge on any atom is -0.396 e. The first-order valence-corrected chi connectivity index (χ1v) is 6.37. The summed E-state index contributed by atoms with van der Waals surface area (Å²) >= 11 is 0. The topological polar surface area (TPSA) is 83.7 Å². The third-order valence-corrected chi connectivity index (χ3v) is 3.50. The average Bonchev–Trinajstić information content (AvgIpc) is 2.87. The second kappa shape index (κ2) is 5.96. The smallest absolute Gasteiger partial charge is 0.272 e. The molecule has 1 aliphatic rings. The van der Waals surface area contributed by atoms with Crippen molar-refractivity contribution in [1.29, 1.82) is 0 Å². The first kappa shape index (κ1) is 14.4. The molecule has 1 fully saturated rings. The first-order valence-electron chi connectivity index (χ1n) is 6.37. The first-order chi connectivity index (χ1) is 9.52. The van der Waals surface area contributed by atoms with Crippen molar-refractivity contribution in [2.75, 3.05) is 19.7 Å². The molecule has 1 N–H and O–H groups in total. The number of rotatable bonds is 4. The van der Waals surface area contributed by atoms with E-state index in [1.54, 1.807) is 0 Å². The number of nitrogens with zero attached hydrogens (tertiary/aromatic N) is 2. The molecule has 1 atom stereocenters. The highest BCUT2D eigenvalue weighted by Gasteiger charge is 2.28. The van der Waals surface area contributed by atoms with Crippen LogP contribution in [-0.2, 0) is 0 Å². The molecule has 1 aromatic carbocycles. The van der Waals surface area contributed by atoms with E-state index in [2.05, 4.69) is 0 Å². The van der Waals surface area contributed by atoms with E-state index in [1.165, 1.54) is 4.90 Å². The number of non-ortho nitro benzene ring substituents is 1. The Morgan fingerprint density at radius 2 is 2.30 bits per heavy atom. The summed E-state index contributed by atoms with van der Waals surface area (Å²) in [7, 11) is 0.